The number of aromatic nitrogens is 4. The van der Waals surface area contributed by atoms with Crippen molar-refractivity contribution in [2.75, 3.05) is 6.54 Å². The Morgan fingerprint density at radius 1 is 1.18 bits per heavy atom. The highest BCUT2D eigenvalue weighted by molar-refractivity contribution is 5.21. The van der Waals surface area contributed by atoms with Crippen molar-refractivity contribution in [1.82, 2.24) is 20.2 Å². The van der Waals surface area contributed by atoms with Crippen molar-refractivity contribution in [3.63, 3.8) is 0 Å². The molecule has 0 spiro atoms. The van der Waals surface area contributed by atoms with E-state index in [4.69, 9.17) is 5.73 Å². The smallest absolute Gasteiger partial charge is 0.155 e. The summed E-state index contributed by atoms with van der Waals surface area (Å²) in [7, 11) is 0. The average molecular weight is 239 g/mol. The minimum atomic E-state index is -0.613. The first-order valence-electron chi connectivity index (χ1n) is 5.09. The van der Waals surface area contributed by atoms with Crippen molar-refractivity contribution in [1.29, 1.82) is 0 Å². The van der Waals surface area contributed by atoms with Gasteiger partial charge in [0.05, 0.1) is 6.54 Å². The Bertz CT molecular complexity index is 491. The predicted molar refractivity (Wildman–Crippen MR) is 56.0 cm³/mol. The fourth-order valence-electron chi connectivity index (χ4n) is 1.54. The summed E-state index contributed by atoms with van der Waals surface area (Å²) in [4.78, 5) is 0. The molecule has 7 heteroatoms. The van der Waals surface area contributed by atoms with Gasteiger partial charge < -0.3 is 5.73 Å². The van der Waals surface area contributed by atoms with Crippen molar-refractivity contribution >= 4 is 0 Å². The third kappa shape index (κ3) is 2.82. The fourth-order valence-corrected chi connectivity index (χ4v) is 1.54. The molecule has 2 rings (SSSR count). The van der Waals surface area contributed by atoms with E-state index in [1.807, 2.05) is 0 Å². The number of benzene rings is 1. The van der Waals surface area contributed by atoms with Crippen LogP contribution < -0.4 is 5.73 Å². The van der Waals surface area contributed by atoms with E-state index in [0.29, 0.717) is 24.5 Å². The maximum Gasteiger partial charge on any atom is 0.155 e. The molecule has 0 amide bonds. The molecule has 0 radical (unpaired) electrons. The first-order valence-corrected chi connectivity index (χ1v) is 5.09. The van der Waals surface area contributed by atoms with Gasteiger partial charge in [0, 0.05) is 19.0 Å². The van der Waals surface area contributed by atoms with Gasteiger partial charge in [-0.05, 0) is 28.1 Å². The van der Waals surface area contributed by atoms with Gasteiger partial charge in [0.1, 0.15) is 11.6 Å². The molecule has 0 aliphatic heterocycles. The molecule has 2 N–H and O–H groups in total. The zero-order chi connectivity index (χ0) is 12.3. The molecule has 1 aromatic carbocycles. The molecule has 0 atom stereocenters. The molecular weight excluding hydrogens is 228 g/mol. The van der Waals surface area contributed by atoms with E-state index in [-0.39, 0.29) is 6.42 Å². The highest BCUT2D eigenvalue weighted by atomic mass is 19.1. The first kappa shape index (κ1) is 11.6. The minimum absolute atomic E-state index is 0.266. The second-order valence-electron chi connectivity index (χ2n) is 3.56. The summed E-state index contributed by atoms with van der Waals surface area (Å²) in [5.41, 5.74) is 5.88. The van der Waals surface area contributed by atoms with Crippen molar-refractivity contribution in [2.45, 2.75) is 13.0 Å². The molecule has 0 aliphatic rings. The van der Waals surface area contributed by atoms with E-state index in [2.05, 4.69) is 15.5 Å². The van der Waals surface area contributed by atoms with Gasteiger partial charge in [-0.1, -0.05) is 0 Å². The van der Waals surface area contributed by atoms with Gasteiger partial charge in [-0.25, -0.2) is 13.5 Å². The lowest BCUT2D eigenvalue weighted by Crippen LogP contribution is -2.14. The third-order valence-electron chi connectivity index (χ3n) is 2.23. The number of nitrogens with zero attached hydrogens (tertiary/aromatic N) is 4. The molecule has 2 aromatic rings. The van der Waals surface area contributed by atoms with Crippen LogP contribution in [0.5, 0.6) is 0 Å². The molecule has 0 fully saturated rings. The van der Waals surface area contributed by atoms with Crippen LogP contribution in [0.1, 0.15) is 11.4 Å². The van der Waals surface area contributed by atoms with Gasteiger partial charge in [-0.3, -0.25) is 0 Å². The Hall–Kier alpha value is -1.89. The number of hydrogen-bond acceptors (Lipinski definition) is 4. The summed E-state index contributed by atoms with van der Waals surface area (Å²) in [6, 6.07) is 3.33. The van der Waals surface area contributed by atoms with Gasteiger partial charge in [0.15, 0.2) is 5.82 Å². The highest BCUT2D eigenvalue weighted by Gasteiger charge is 2.08. The van der Waals surface area contributed by atoms with Crippen molar-refractivity contribution in [3.05, 3.63) is 41.2 Å². The summed E-state index contributed by atoms with van der Waals surface area (Å²) in [5, 5.41) is 11.0. The van der Waals surface area contributed by atoms with Crippen LogP contribution in [-0.2, 0) is 13.0 Å². The SMILES string of the molecule is NCCn1nnnc1Cc1cc(F)cc(F)c1. The summed E-state index contributed by atoms with van der Waals surface area (Å²) < 4.78 is 27.5. The molecule has 17 heavy (non-hydrogen) atoms. The molecule has 0 bridgehead atoms. The van der Waals surface area contributed by atoms with Crippen LogP contribution in [0.15, 0.2) is 18.2 Å². The first-order chi connectivity index (χ1) is 8.19. The number of nitrogens with two attached hydrogens (primary N) is 1. The van der Waals surface area contributed by atoms with Crippen LogP contribution in [0.4, 0.5) is 8.78 Å². The standard InChI is InChI=1S/C10H11F2N5/c11-8-3-7(4-9(12)6-8)5-10-14-15-16-17(10)2-1-13/h3-4,6H,1-2,5,13H2. The quantitative estimate of drug-likeness (QED) is 0.843. The van der Waals surface area contributed by atoms with Crippen LogP contribution in [0.3, 0.4) is 0 Å². The lowest BCUT2D eigenvalue weighted by Gasteiger charge is -2.03. The predicted octanol–water partition coefficient (Wildman–Crippen LogP) is 0.501. The normalized spacial score (nSPS) is 10.8. The number of halogens is 2. The maximum absolute atomic E-state index is 13.0. The summed E-state index contributed by atoms with van der Waals surface area (Å²) in [5.74, 6) is -0.698. The van der Waals surface area contributed by atoms with E-state index in [0.717, 1.165) is 6.07 Å². The molecule has 0 unspecified atom stereocenters. The Labute approximate surface area is 96.2 Å². The van der Waals surface area contributed by atoms with Gasteiger partial charge >= 0.3 is 0 Å². The molecule has 90 valence electrons. The van der Waals surface area contributed by atoms with Crippen LogP contribution in [0.25, 0.3) is 0 Å². The summed E-state index contributed by atoms with van der Waals surface area (Å²) >= 11 is 0. The van der Waals surface area contributed by atoms with Crippen LogP contribution in [-0.4, -0.2) is 26.8 Å². The third-order valence-corrected chi connectivity index (χ3v) is 2.23. The zero-order valence-electron chi connectivity index (χ0n) is 8.98. The Morgan fingerprint density at radius 2 is 1.88 bits per heavy atom. The molecule has 0 saturated carbocycles. The second-order valence-corrected chi connectivity index (χ2v) is 3.56. The van der Waals surface area contributed by atoms with Crippen LogP contribution in [0.2, 0.25) is 0 Å². The Kier molecular flexibility index (Phi) is 3.38. The fraction of sp³-hybridized carbons (Fsp3) is 0.300. The monoisotopic (exact) mass is 239 g/mol. The van der Waals surface area contributed by atoms with Crippen molar-refractivity contribution in [2.24, 2.45) is 5.73 Å². The lowest BCUT2D eigenvalue weighted by molar-refractivity contribution is 0.570. The highest BCUT2D eigenvalue weighted by Crippen LogP contribution is 2.11. The van der Waals surface area contributed by atoms with E-state index in [9.17, 15) is 8.78 Å². The van der Waals surface area contributed by atoms with E-state index in [1.165, 1.54) is 16.8 Å². The number of hydrogen-bond donors (Lipinski definition) is 1. The van der Waals surface area contributed by atoms with Crippen LogP contribution >= 0.6 is 0 Å². The summed E-state index contributed by atoms with van der Waals surface area (Å²) in [6.45, 7) is 0.871. The lowest BCUT2D eigenvalue weighted by atomic mass is 10.1. The Balaban J connectivity index is 2.22. The zero-order valence-corrected chi connectivity index (χ0v) is 8.98. The summed E-state index contributed by atoms with van der Waals surface area (Å²) in [6.07, 6.45) is 0.266. The largest absolute Gasteiger partial charge is 0.329 e. The van der Waals surface area contributed by atoms with Gasteiger partial charge in [-0.15, -0.1) is 5.10 Å². The molecule has 0 saturated heterocycles. The van der Waals surface area contributed by atoms with Gasteiger partial charge in [0.25, 0.3) is 0 Å². The maximum atomic E-state index is 13.0. The van der Waals surface area contributed by atoms with Crippen LogP contribution in [0, 0.1) is 11.6 Å². The van der Waals surface area contributed by atoms with Crippen molar-refractivity contribution in [3.8, 4) is 0 Å². The molecule has 5 nitrogen and oxygen atoms in total. The minimum Gasteiger partial charge on any atom is -0.329 e. The number of tetrazole rings is 1. The van der Waals surface area contributed by atoms with Crippen molar-refractivity contribution < 1.29 is 8.78 Å². The molecular formula is C10H11F2N5. The molecule has 1 heterocycles. The molecule has 0 aliphatic carbocycles. The van der Waals surface area contributed by atoms with Gasteiger partial charge in [-0.2, -0.15) is 0 Å². The van der Waals surface area contributed by atoms with E-state index < -0.39 is 11.6 Å². The van der Waals surface area contributed by atoms with E-state index in [1.54, 1.807) is 0 Å². The second kappa shape index (κ2) is 4.96. The topological polar surface area (TPSA) is 69.6 Å². The number of rotatable bonds is 4. The van der Waals surface area contributed by atoms with Gasteiger partial charge in [0.2, 0.25) is 0 Å². The average Bonchev–Trinajstić information content (AvgIpc) is 2.65. The van der Waals surface area contributed by atoms with E-state index >= 15 is 0 Å². The molecule has 1 aromatic heterocycles. The Morgan fingerprint density at radius 3 is 2.53 bits per heavy atom.